The van der Waals surface area contributed by atoms with Crippen molar-refractivity contribution >= 4 is 16.9 Å². The Balaban J connectivity index is 1.74. The third kappa shape index (κ3) is 2.77. The highest BCUT2D eigenvalue weighted by Crippen LogP contribution is 2.40. The minimum atomic E-state index is -0.00125. The van der Waals surface area contributed by atoms with Crippen LogP contribution >= 0.6 is 0 Å². The molecule has 1 fully saturated rings. The van der Waals surface area contributed by atoms with Crippen molar-refractivity contribution in [2.45, 2.75) is 39.2 Å². The zero-order valence-corrected chi connectivity index (χ0v) is 15.9. The molecule has 0 saturated heterocycles. The van der Waals surface area contributed by atoms with E-state index < -0.39 is 0 Å². The molecule has 26 heavy (non-hydrogen) atoms. The molecule has 4 rings (SSSR count). The molecule has 0 unspecified atom stereocenters. The minimum Gasteiger partial charge on any atom is -0.337 e. The van der Waals surface area contributed by atoms with E-state index in [1.165, 1.54) is 0 Å². The largest absolute Gasteiger partial charge is 0.337 e. The molecule has 0 N–H and O–H groups in total. The van der Waals surface area contributed by atoms with Crippen molar-refractivity contribution in [3.8, 4) is 0 Å². The number of amides is 1. The summed E-state index contributed by atoms with van der Waals surface area (Å²) in [7, 11) is 5.62. The summed E-state index contributed by atoms with van der Waals surface area (Å²) in [6.45, 7) is 4.43. The maximum Gasteiger partial charge on any atom is 0.254 e. The fraction of sp³-hybridized carbons (Fsp3) is 0.474. The molecule has 3 heterocycles. The van der Waals surface area contributed by atoms with Crippen LogP contribution < -0.4 is 0 Å². The Bertz CT molecular complexity index is 1010. The molecular formula is C19H24N6O. The van der Waals surface area contributed by atoms with Crippen molar-refractivity contribution in [3.63, 3.8) is 0 Å². The number of aromatic nitrogens is 5. The predicted molar refractivity (Wildman–Crippen MR) is 99.0 cm³/mol. The van der Waals surface area contributed by atoms with Crippen molar-refractivity contribution in [1.82, 2.24) is 29.4 Å². The number of rotatable bonds is 4. The lowest BCUT2D eigenvalue weighted by molar-refractivity contribution is 0.0786. The summed E-state index contributed by atoms with van der Waals surface area (Å²) in [5, 5.41) is 9.71. The Morgan fingerprint density at radius 1 is 1.23 bits per heavy atom. The smallest absolute Gasteiger partial charge is 0.254 e. The highest BCUT2D eigenvalue weighted by molar-refractivity contribution is 6.06. The number of carbonyl (C=O) groups excluding carboxylic acids is 1. The lowest BCUT2D eigenvalue weighted by Crippen LogP contribution is -2.27. The van der Waals surface area contributed by atoms with Gasteiger partial charge in [-0.1, -0.05) is 0 Å². The van der Waals surface area contributed by atoms with E-state index >= 15 is 0 Å². The normalized spacial score (nSPS) is 14.2. The van der Waals surface area contributed by atoms with E-state index in [2.05, 4.69) is 10.2 Å². The summed E-state index contributed by atoms with van der Waals surface area (Å²) >= 11 is 0. The quantitative estimate of drug-likeness (QED) is 0.723. The molecule has 1 amide bonds. The van der Waals surface area contributed by atoms with Crippen molar-refractivity contribution in [2.24, 2.45) is 14.1 Å². The van der Waals surface area contributed by atoms with Crippen LogP contribution in [0.3, 0.4) is 0 Å². The first kappa shape index (κ1) is 16.8. The molecule has 136 valence electrons. The lowest BCUT2D eigenvalue weighted by atomic mass is 10.1. The zero-order valence-electron chi connectivity index (χ0n) is 15.9. The minimum absolute atomic E-state index is 0.00125. The van der Waals surface area contributed by atoms with Gasteiger partial charge in [0, 0.05) is 51.1 Å². The number of hydrogen-bond acceptors (Lipinski definition) is 4. The molecule has 0 bridgehead atoms. The van der Waals surface area contributed by atoms with Gasteiger partial charge in [0.15, 0.2) is 5.65 Å². The molecule has 1 saturated carbocycles. The SMILES string of the molecule is Cc1nn(C)cc1CN(C)C(=O)c1cc(C2CC2)nc2c1c(C)nn2C. The van der Waals surface area contributed by atoms with Crippen LogP contribution in [0.2, 0.25) is 0 Å². The van der Waals surface area contributed by atoms with Gasteiger partial charge in [-0.3, -0.25) is 14.2 Å². The first-order valence-corrected chi connectivity index (χ1v) is 8.94. The number of nitrogens with zero attached hydrogens (tertiary/aromatic N) is 6. The first-order chi connectivity index (χ1) is 12.3. The second kappa shape index (κ2) is 5.93. The number of carbonyl (C=O) groups is 1. The predicted octanol–water partition coefficient (Wildman–Crippen LogP) is 2.47. The van der Waals surface area contributed by atoms with Gasteiger partial charge in [-0.15, -0.1) is 0 Å². The second-order valence-electron chi connectivity index (χ2n) is 7.35. The Hall–Kier alpha value is -2.70. The Kier molecular flexibility index (Phi) is 3.82. The third-order valence-corrected chi connectivity index (χ3v) is 5.08. The van der Waals surface area contributed by atoms with Gasteiger partial charge in [-0.25, -0.2) is 4.98 Å². The van der Waals surface area contributed by atoms with Gasteiger partial charge in [-0.05, 0) is 32.8 Å². The monoisotopic (exact) mass is 352 g/mol. The maximum absolute atomic E-state index is 13.3. The van der Waals surface area contributed by atoms with Crippen molar-refractivity contribution in [3.05, 3.63) is 40.5 Å². The Labute approximate surface area is 152 Å². The summed E-state index contributed by atoms with van der Waals surface area (Å²) in [5.74, 6) is 0.477. The average Bonchev–Trinajstić information content (AvgIpc) is 3.33. The highest BCUT2D eigenvalue weighted by Gasteiger charge is 2.29. The molecule has 7 heteroatoms. The maximum atomic E-state index is 13.3. The van der Waals surface area contributed by atoms with E-state index in [9.17, 15) is 4.79 Å². The molecule has 0 spiro atoms. The molecule has 0 radical (unpaired) electrons. The van der Waals surface area contributed by atoms with Crippen LogP contribution in [0.15, 0.2) is 12.3 Å². The van der Waals surface area contributed by atoms with Crippen LogP contribution in [0.4, 0.5) is 0 Å². The number of hydrogen-bond donors (Lipinski definition) is 0. The molecule has 0 aromatic carbocycles. The summed E-state index contributed by atoms with van der Waals surface area (Å²) in [6.07, 6.45) is 4.26. The van der Waals surface area contributed by atoms with Crippen molar-refractivity contribution in [2.75, 3.05) is 7.05 Å². The lowest BCUT2D eigenvalue weighted by Gasteiger charge is -2.18. The molecule has 1 aliphatic rings. The van der Waals surface area contributed by atoms with Crippen LogP contribution in [0.5, 0.6) is 0 Å². The van der Waals surface area contributed by atoms with E-state index in [-0.39, 0.29) is 5.91 Å². The van der Waals surface area contributed by atoms with E-state index in [1.807, 2.05) is 47.3 Å². The van der Waals surface area contributed by atoms with Gasteiger partial charge in [-0.2, -0.15) is 10.2 Å². The fourth-order valence-electron chi connectivity index (χ4n) is 3.56. The van der Waals surface area contributed by atoms with Crippen LogP contribution in [-0.4, -0.2) is 42.4 Å². The zero-order chi connectivity index (χ0) is 18.6. The highest BCUT2D eigenvalue weighted by atomic mass is 16.2. The average molecular weight is 352 g/mol. The summed E-state index contributed by atoms with van der Waals surface area (Å²) in [5.41, 5.74) is 5.34. The van der Waals surface area contributed by atoms with E-state index in [0.29, 0.717) is 18.0 Å². The Morgan fingerprint density at radius 3 is 2.58 bits per heavy atom. The molecule has 0 aliphatic heterocycles. The second-order valence-corrected chi connectivity index (χ2v) is 7.35. The van der Waals surface area contributed by atoms with Gasteiger partial charge in [0.2, 0.25) is 0 Å². The molecular weight excluding hydrogens is 328 g/mol. The van der Waals surface area contributed by atoms with Gasteiger partial charge < -0.3 is 4.90 Å². The van der Waals surface area contributed by atoms with Crippen LogP contribution in [0.1, 0.15) is 51.8 Å². The van der Waals surface area contributed by atoms with E-state index in [4.69, 9.17) is 4.98 Å². The van der Waals surface area contributed by atoms with Crippen LogP contribution in [0.25, 0.3) is 11.0 Å². The summed E-state index contributed by atoms with van der Waals surface area (Å²) in [4.78, 5) is 19.8. The molecule has 3 aromatic heterocycles. The number of aryl methyl sites for hydroxylation is 4. The third-order valence-electron chi connectivity index (χ3n) is 5.08. The fourth-order valence-corrected chi connectivity index (χ4v) is 3.56. The van der Waals surface area contributed by atoms with Gasteiger partial charge in [0.05, 0.1) is 22.3 Å². The standard InChI is InChI=1S/C19H24N6O/c1-11-14(10-24(4)21-11)9-23(3)19(26)15-8-16(13-6-7-13)20-18-17(15)12(2)22-25(18)5/h8,10,13H,6-7,9H2,1-5H3. The molecule has 0 atom stereocenters. The van der Waals surface area contributed by atoms with Crippen LogP contribution in [-0.2, 0) is 20.6 Å². The topological polar surface area (TPSA) is 68.8 Å². The van der Waals surface area contributed by atoms with Crippen LogP contribution in [0, 0.1) is 13.8 Å². The van der Waals surface area contributed by atoms with E-state index in [1.54, 1.807) is 14.3 Å². The summed E-state index contributed by atoms with van der Waals surface area (Å²) < 4.78 is 3.56. The van der Waals surface area contributed by atoms with Gasteiger partial charge in [0.1, 0.15) is 0 Å². The summed E-state index contributed by atoms with van der Waals surface area (Å²) in [6, 6.07) is 1.98. The molecule has 3 aromatic rings. The molecule has 7 nitrogen and oxygen atoms in total. The van der Waals surface area contributed by atoms with E-state index in [0.717, 1.165) is 46.5 Å². The van der Waals surface area contributed by atoms with Crippen molar-refractivity contribution < 1.29 is 4.79 Å². The van der Waals surface area contributed by atoms with Crippen molar-refractivity contribution in [1.29, 1.82) is 0 Å². The first-order valence-electron chi connectivity index (χ1n) is 8.94. The molecule has 1 aliphatic carbocycles. The number of fused-ring (bicyclic) bond motifs is 1. The van der Waals surface area contributed by atoms with Gasteiger partial charge in [0.25, 0.3) is 5.91 Å². The Morgan fingerprint density at radius 2 is 1.96 bits per heavy atom. The number of pyridine rings is 1. The van der Waals surface area contributed by atoms with Gasteiger partial charge >= 0.3 is 0 Å².